The maximum absolute atomic E-state index is 5.46. The van der Waals surface area contributed by atoms with Crippen LogP contribution in [0.2, 0.25) is 0 Å². The Morgan fingerprint density at radius 1 is 1.29 bits per heavy atom. The van der Waals surface area contributed by atoms with Crippen LogP contribution in [0.4, 0.5) is 5.69 Å². The van der Waals surface area contributed by atoms with Gasteiger partial charge in [0.05, 0.1) is 19.3 Å². The van der Waals surface area contributed by atoms with Gasteiger partial charge in [-0.25, -0.2) is 0 Å². The third-order valence-electron chi connectivity index (χ3n) is 2.54. The van der Waals surface area contributed by atoms with Crippen molar-refractivity contribution in [3.05, 3.63) is 42.2 Å². The van der Waals surface area contributed by atoms with E-state index < -0.39 is 0 Å². The first-order chi connectivity index (χ1) is 8.29. The van der Waals surface area contributed by atoms with Crippen molar-refractivity contribution in [1.29, 1.82) is 0 Å². The topological polar surface area (TPSA) is 60.0 Å². The van der Waals surface area contributed by atoms with Gasteiger partial charge in [-0.15, -0.1) is 5.10 Å². The fourth-order valence-electron chi connectivity index (χ4n) is 1.67. The lowest BCUT2D eigenvalue weighted by atomic mass is 10.3. The average molecular weight is 231 g/mol. The summed E-state index contributed by atoms with van der Waals surface area (Å²) in [7, 11) is 2.04. The number of nitrogens with two attached hydrogens (primary N) is 1. The minimum atomic E-state index is 0.581. The molecule has 0 saturated heterocycles. The summed E-state index contributed by atoms with van der Waals surface area (Å²) < 4.78 is 1.77. The fraction of sp³-hybridized carbons (Fsp3) is 0.333. The number of anilines is 1. The molecule has 2 N–H and O–H groups in total. The number of para-hydroxylation sites is 1. The van der Waals surface area contributed by atoms with E-state index >= 15 is 0 Å². The lowest BCUT2D eigenvalue weighted by Gasteiger charge is -2.17. The quantitative estimate of drug-likeness (QED) is 0.829. The molecule has 5 heteroatoms. The molecule has 1 aromatic carbocycles. The molecule has 0 aliphatic heterocycles. The van der Waals surface area contributed by atoms with Crippen molar-refractivity contribution in [2.45, 2.75) is 13.1 Å². The number of rotatable bonds is 5. The molecule has 5 nitrogen and oxygen atoms in total. The zero-order valence-electron chi connectivity index (χ0n) is 9.95. The van der Waals surface area contributed by atoms with Crippen molar-refractivity contribution < 1.29 is 0 Å². The van der Waals surface area contributed by atoms with E-state index in [1.807, 2.05) is 31.4 Å². The Morgan fingerprint density at radius 2 is 2.06 bits per heavy atom. The largest absolute Gasteiger partial charge is 0.369 e. The van der Waals surface area contributed by atoms with Crippen molar-refractivity contribution >= 4 is 5.69 Å². The average Bonchev–Trinajstić information content (AvgIpc) is 2.78. The summed E-state index contributed by atoms with van der Waals surface area (Å²) in [5, 5.41) is 8.13. The van der Waals surface area contributed by atoms with Gasteiger partial charge in [-0.05, 0) is 12.1 Å². The summed E-state index contributed by atoms with van der Waals surface area (Å²) in [5.74, 6) is 0. The highest BCUT2D eigenvalue weighted by Crippen LogP contribution is 2.13. The highest BCUT2D eigenvalue weighted by Gasteiger charge is 2.05. The van der Waals surface area contributed by atoms with Crippen LogP contribution in [0.15, 0.2) is 36.5 Å². The maximum atomic E-state index is 5.46. The lowest BCUT2D eigenvalue weighted by molar-refractivity contribution is 0.598. The SMILES string of the molecule is CN(Cc1cn(CCN)nn1)c1ccccc1. The Kier molecular flexibility index (Phi) is 3.72. The van der Waals surface area contributed by atoms with Crippen molar-refractivity contribution in [3.8, 4) is 0 Å². The zero-order valence-corrected chi connectivity index (χ0v) is 9.95. The van der Waals surface area contributed by atoms with Crippen molar-refractivity contribution in [3.63, 3.8) is 0 Å². The van der Waals surface area contributed by atoms with Crippen LogP contribution in [0.3, 0.4) is 0 Å². The Balaban J connectivity index is 2.00. The first kappa shape index (κ1) is 11.6. The van der Waals surface area contributed by atoms with Crippen LogP contribution in [-0.4, -0.2) is 28.6 Å². The second kappa shape index (κ2) is 5.45. The van der Waals surface area contributed by atoms with E-state index in [9.17, 15) is 0 Å². The summed E-state index contributed by atoms with van der Waals surface area (Å²) >= 11 is 0. The van der Waals surface area contributed by atoms with Gasteiger partial charge in [0.1, 0.15) is 5.69 Å². The summed E-state index contributed by atoms with van der Waals surface area (Å²) in [6, 6.07) is 10.2. The van der Waals surface area contributed by atoms with Gasteiger partial charge in [0, 0.05) is 19.3 Å². The Hall–Kier alpha value is -1.88. The van der Waals surface area contributed by atoms with Crippen LogP contribution in [0.1, 0.15) is 5.69 Å². The van der Waals surface area contributed by atoms with Gasteiger partial charge >= 0.3 is 0 Å². The highest BCUT2D eigenvalue weighted by atomic mass is 15.4. The molecular weight excluding hydrogens is 214 g/mol. The van der Waals surface area contributed by atoms with Gasteiger partial charge in [-0.3, -0.25) is 4.68 Å². The molecule has 1 heterocycles. The van der Waals surface area contributed by atoms with E-state index in [-0.39, 0.29) is 0 Å². The molecule has 0 aliphatic carbocycles. The summed E-state index contributed by atoms with van der Waals surface area (Å²) in [5.41, 5.74) is 7.58. The summed E-state index contributed by atoms with van der Waals surface area (Å²) in [4.78, 5) is 2.14. The van der Waals surface area contributed by atoms with E-state index in [0.717, 1.165) is 12.2 Å². The first-order valence-corrected chi connectivity index (χ1v) is 5.65. The van der Waals surface area contributed by atoms with Gasteiger partial charge in [0.25, 0.3) is 0 Å². The fourth-order valence-corrected chi connectivity index (χ4v) is 1.67. The molecular formula is C12H17N5. The summed E-state index contributed by atoms with van der Waals surface area (Å²) in [6.07, 6.45) is 1.94. The molecule has 0 saturated carbocycles. The highest BCUT2D eigenvalue weighted by molar-refractivity contribution is 5.45. The van der Waals surface area contributed by atoms with Gasteiger partial charge in [-0.1, -0.05) is 23.4 Å². The molecule has 1 aromatic heterocycles. The predicted octanol–water partition coefficient (Wildman–Crippen LogP) is 0.873. The van der Waals surface area contributed by atoms with E-state index in [4.69, 9.17) is 5.73 Å². The van der Waals surface area contributed by atoms with Crippen LogP contribution in [0.5, 0.6) is 0 Å². The molecule has 0 aliphatic rings. The molecule has 90 valence electrons. The molecule has 2 rings (SSSR count). The Labute approximate surface area is 101 Å². The van der Waals surface area contributed by atoms with Gasteiger partial charge < -0.3 is 10.6 Å². The van der Waals surface area contributed by atoms with Crippen molar-refractivity contribution in [2.24, 2.45) is 5.73 Å². The first-order valence-electron chi connectivity index (χ1n) is 5.65. The van der Waals surface area contributed by atoms with Crippen LogP contribution in [0, 0.1) is 0 Å². The molecule has 0 atom stereocenters. The smallest absolute Gasteiger partial charge is 0.102 e. The Bertz CT molecular complexity index is 451. The minimum absolute atomic E-state index is 0.581. The molecule has 17 heavy (non-hydrogen) atoms. The number of hydrogen-bond acceptors (Lipinski definition) is 4. The normalized spacial score (nSPS) is 10.5. The third kappa shape index (κ3) is 3.04. The monoisotopic (exact) mass is 231 g/mol. The second-order valence-electron chi connectivity index (χ2n) is 3.95. The summed E-state index contributed by atoms with van der Waals surface area (Å²) in [6.45, 7) is 2.04. The number of nitrogens with zero attached hydrogens (tertiary/aromatic N) is 4. The van der Waals surface area contributed by atoms with Crippen LogP contribution in [0.25, 0.3) is 0 Å². The molecule has 2 aromatic rings. The third-order valence-corrected chi connectivity index (χ3v) is 2.54. The minimum Gasteiger partial charge on any atom is -0.369 e. The van der Waals surface area contributed by atoms with Crippen molar-refractivity contribution in [2.75, 3.05) is 18.5 Å². The lowest BCUT2D eigenvalue weighted by Crippen LogP contribution is -2.16. The zero-order chi connectivity index (χ0) is 12.1. The van der Waals surface area contributed by atoms with E-state index in [2.05, 4.69) is 27.3 Å². The molecule has 0 amide bonds. The number of aromatic nitrogens is 3. The second-order valence-corrected chi connectivity index (χ2v) is 3.95. The standard InChI is InChI=1S/C12H17N5/c1-16(12-5-3-2-4-6-12)9-11-10-17(8-7-13)15-14-11/h2-6,10H,7-9,13H2,1H3. The molecule has 0 radical (unpaired) electrons. The van der Waals surface area contributed by atoms with Crippen LogP contribution < -0.4 is 10.6 Å². The number of benzene rings is 1. The van der Waals surface area contributed by atoms with Crippen molar-refractivity contribution in [1.82, 2.24) is 15.0 Å². The van der Waals surface area contributed by atoms with Gasteiger partial charge in [-0.2, -0.15) is 0 Å². The van der Waals surface area contributed by atoms with Gasteiger partial charge in [0.2, 0.25) is 0 Å². The molecule has 0 bridgehead atoms. The number of hydrogen-bond donors (Lipinski definition) is 1. The van der Waals surface area contributed by atoms with Crippen LogP contribution in [-0.2, 0) is 13.1 Å². The maximum Gasteiger partial charge on any atom is 0.102 e. The predicted molar refractivity (Wildman–Crippen MR) is 67.6 cm³/mol. The van der Waals surface area contributed by atoms with Gasteiger partial charge in [0.15, 0.2) is 0 Å². The molecule has 0 spiro atoms. The van der Waals surface area contributed by atoms with Crippen LogP contribution >= 0.6 is 0 Å². The van der Waals surface area contributed by atoms with E-state index in [0.29, 0.717) is 13.1 Å². The molecule has 0 fully saturated rings. The van der Waals surface area contributed by atoms with E-state index in [1.165, 1.54) is 5.69 Å². The van der Waals surface area contributed by atoms with E-state index in [1.54, 1.807) is 4.68 Å². The Morgan fingerprint density at radius 3 is 2.76 bits per heavy atom. The molecule has 0 unspecified atom stereocenters.